The molecule has 0 amide bonds. The molecule has 0 aliphatic heterocycles. The topological polar surface area (TPSA) is 20.2 Å². The van der Waals surface area contributed by atoms with Gasteiger partial charge in [-0.15, -0.1) is 0 Å². The second-order valence-electron chi connectivity index (χ2n) is 5.81. The average Bonchev–Trinajstić information content (AvgIpc) is 2.43. The van der Waals surface area contributed by atoms with E-state index in [0.29, 0.717) is 16.8 Å². The summed E-state index contributed by atoms with van der Waals surface area (Å²) in [6.45, 7) is 4.38. The van der Waals surface area contributed by atoms with Gasteiger partial charge in [-0.2, -0.15) is 0 Å². The van der Waals surface area contributed by atoms with Gasteiger partial charge in [0.2, 0.25) is 0 Å². The fourth-order valence-electron chi connectivity index (χ4n) is 2.35. The minimum absolute atomic E-state index is 0.286. The molecule has 0 saturated carbocycles. The molecule has 2 aromatic rings. The molecule has 0 radical (unpaired) electrons. The molecule has 1 nitrogen and oxygen atoms in total. The van der Waals surface area contributed by atoms with E-state index in [1.807, 2.05) is 12.1 Å². The fraction of sp³-hybridized carbons (Fsp3) is 0.333. The zero-order valence-electron chi connectivity index (χ0n) is 12.3. The zero-order chi connectivity index (χ0) is 15.4. The van der Waals surface area contributed by atoms with E-state index in [4.69, 9.17) is 0 Å². The van der Waals surface area contributed by atoms with E-state index in [-0.39, 0.29) is 5.82 Å². The number of aliphatic hydroxyl groups excluding tert-OH is 1. The molecule has 2 rings (SSSR count). The van der Waals surface area contributed by atoms with Crippen LogP contribution in [0.3, 0.4) is 0 Å². The molecule has 0 saturated heterocycles. The monoisotopic (exact) mass is 350 g/mol. The van der Waals surface area contributed by atoms with E-state index in [2.05, 4.69) is 41.9 Å². The molecule has 21 heavy (non-hydrogen) atoms. The number of aliphatic hydroxyl groups is 1. The Kier molecular flexibility index (Phi) is 5.54. The third-order valence-electron chi connectivity index (χ3n) is 3.42. The summed E-state index contributed by atoms with van der Waals surface area (Å²) in [5, 5.41) is 10.3. The van der Waals surface area contributed by atoms with Crippen LogP contribution in [0.4, 0.5) is 4.39 Å². The summed E-state index contributed by atoms with van der Waals surface area (Å²) in [6.07, 6.45) is 0.944. The molecule has 0 aliphatic rings. The molecule has 1 atom stereocenters. The zero-order valence-corrected chi connectivity index (χ0v) is 13.9. The lowest BCUT2D eigenvalue weighted by Gasteiger charge is -2.13. The molecule has 3 heteroatoms. The number of hydrogen-bond acceptors (Lipinski definition) is 1. The minimum Gasteiger partial charge on any atom is -0.388 e. The van der Waals surface area contributed by atoms with Gasteiger partial charge in [-0.1, -0.05) is 44.2 Å². The van der Waals surface area contributed by atoms with Crippen LogP contribution in [0.15, 0.2) is 46.9 Å². The highest BCUT2D eigenvalue weighted by molar-refractivity contribution is 9.10. The molecule has 0 fully saturated rings. The minimum atomic E-state index is -0.574. The molecule has 1 N–H and O–H groups in total. The summed E-state index contributed by atoms with van der Waals surface area (Å²) < 4.78 is 13.6. The first kappa shape index (κ1) is 16.2. The van der Waals surface area contributed by atoms with Gasteiger partial charge in [0, 0.05) is 6.42 Å². The van der Waals surface area contributed by atoms with E-state index in [9.17, 15) is 9.50 Å². The maximum atomic E-state index is 13.2. The Labute approximate surface area is 134 Å². The Hall–Kier alpha value is -1.19. The number of benzene rings is 2. The summed E-state index contributed by atoms with van der Waals surface area (Å²) in [7, 11) is 0. The van der Waals surface area contributed by atoms with Gasteiger partial charge >= 0.3 is 0 Å². The lowest BCUT2D eigenvalue weighted by molar-refractivity contribution is 0.178. The molecule has 0 aromatic heterocycles. The third kappa shape index (κ3) is 4.65. The van der Waals surface area contributed by atoms with Crippen LogP contribution in [0.1, 0.15) is 36.6 Å². The van der Waals surface area contributed by atoms with Crippen LogP contribution in [0.2, 0.25) is 0 Å². The Morgan fingerprint density at radius 1 is 1.00 bits per heavy atom. The Balaban J connectivity index is 2.05. The molecule has 0 aliphatic carbocycles. The quantitative estimate of drug-likeness (QED) is 0.798. The fourth-order valence-corrected chi connectivity index (χ4v) is 2.78. The van der Waals surface area contributed by atoms with Crippen molar-refractivity contribution in [1.29, 1.82) is 0 Å². The largest absolute Gasteiger partial charge is 0.388 e. The normalized spacial score (nSPS) is 12.7. The highest BCUT2D eigenvalue weighted by Crippen LogP contribution is 2.23. The molecule has 112 valence electrons. The predicted molar refractivity (Wildman–Crippen MR) is 87.7 cm³/mol. The molecule has 0 spiro atoms. The predicted octanol–water partition coefficient (Wildman–Crippen LogP) is 5.06. The third-order valence-corrected chi connectivity index (χ3v) is 4.03. The van der Waals surface area contributed by atoms with Crippen molar-refractivity contribution in [1.82, 2.24) is 0 Å². The highest BCUT2D eigenvalue weighted by Gasteiger charge is 2.10. The molecule has 0 bridgehead atoms. The van der Waals surface area contributed by atoms with E-state index in [1.54, 1.807) is 12.1 Å². The first-order valence-corrected chi connectivity index (χ1v) is 7.96. The summed E-state index contributed by atoms with van der Waals surface area (Å²) in [6, 6.07) is 12.9. The SMILES string of the molecule is CC(C)Cc1ccc(C(O)Cc2ccc(F)c(Br)c2)cc1. The van der Waals surface area contributed by atoms with Crippen LogP contribution in [-0.4, -0.2) is 5.11 Å². The van der Waals surface area contributed by atoms with Gasteiger partial charge in [0.25, 0.3) is 0 Å². The van der Waals surface area contributed by atoms with Gasteiger partial charge in [0.05, 0.1) is 10.6 Å². The summed E-state index contributed by atoms with van der Waals surface area (Å²) in [5.41, 5.74) is 3.08. The molecular weight excluding hydrogens is 331 g/mol. The first-order chi connectivity index (χ1) is 9.95. The van der Waals surface area contributed by atoms with Crippen molar-refractivity contribution in [2.24, 2.45) is 5.92 Å². The standard InChI is InChI=1S/C18H20BrFO/c1-12(2)9-13-3-6-15(7-4-13)18(21)11-14-5-8-17(20)16(19)10-14/h3-8,10,12,18,21H,9,11H2,1-2H3. The summed E-state index contributed by atoms with van der Waals surface area (Å²) in [4.78, 5) is 0. The molecule has 2 aromatic carbocycles. The lowest BCUT2D eigenvalue weighted by Crippen LogP contribution is -2.03. The summed E-state index contributed by atoms with van der Waals surface area (Å²) >= 11 is 3.17. The smallest absolute Gasteiger partial charge is 0.137 e. The van der Waals surface area contributed by atoms with Gasteiger partial charge in [-0.05, 0) is 57.1 Å². The van der Waals surface area contributed by atoms with Gasteiger partial charge in [0.15, 0.2) is 0 Å². The van der Waals surface area contributed by atoms with Crippen molar-refractivity contribution in [2.45, 2.75) is 32.8 Å². The maximum absolute atomic E-state index is 13.2. The summed E-state index contributed by atoms with van der Waals surface area (Å²) in [5.74, 6) is 0.337. The van der Waals surface area contributed by atoms with Crippen molar-refractivity contribution in [3.8, 4) is 0 Å². The second kappa shape index (κ2) is 7.19. The van der Waals surface area contributed by atoms with Gasteiger partial charge in [-0.25, -0.2) is 4.39 Å². The van der Waals surface area contributed by atoms with Crippen LogP contribution in [0.5, 0.6) is 0 Å². The van der Waals surface area contributed by atoms with E-state index in [1.165, 1.54) is 11.6 Å². The van der Waals surface area contributed by atoms with Crippen LogP contribution in [0, 0.1) is 11.7 Å². The van der Waals surface area contributed by atoms with Gasteiger partial charge in [0.1, 0.15) is 5.82 Å². The lowest BCUT2D eigenvalue weighted by atomic mass is 9.97. The highest BCUT2D eigenvalue weighted by atomic mass is 79.9. The first-order valence-electron chi connectivity index (χ1n) is 7.16. The Morgan fingerprint density at radius 3 is 2.19 bits per heavy atom. The van der Waals surface area contributed by atoms with Crippen molar-refractivity contribution in [3.05, 3.63) is 69.4 Å². The molecule has 0 heterocycles. The molecule has 1 unspecified atom stereocenters. The Morgan fingerprint density at radius 2 is 1.62 bits per heavy atom. The molecular formula is C18H20BrFO. The van der Waals surface area contributed by atoms with Crippen molar-refractivity contribution >= 4 is 15.9 Å². The number of halogens is 2. The van der Waals surface area contributed by atoms with Crippen molar-refractivity contribution < 1.29 is 9.50 Å². The number of rotatable bonds is 5. The average molecular weight is 351 g/mol. The van der Waals surface area contributed by atoms with Crippen molar-refractivity contribution in [2.75, 3.05) is 0 Å². The number of hydrogen-bond donors (Lipinski definition) is 1. The van der Waals surface area contributed by atoms with Crippen LogP contribution in [0.25, 0.3) is 0 Å². The van der Waals surface area contributed by atoms with Crippen LogP contribution >= 0.6 is 15.9 Å². The van der Waals surface area contributed by atoms with Gasteiger partial charge < -0.3 is 5.11 Å². The van der Waals surface area contributed by atoms with Crippen LogP contribution in [-0.2, 0) is 12.8 Å². The maximum Gasteiger partial charge on any atom is 0.137 e. The van der Waals surface area contributed by atoms with Gasteiger partial charge in [-0.3, -0.25) is 0 Å². The van der Waals surface area contributed by atoms with E-state index < -0.39 is 6.10 Å². The van der Waals surface area contributed by atoms with E-state index >= 15 is 0 Å². The Bertz CT molecular complexity index is 593. The van der Waals surface area contributed by atoms with Crippen molar-refractivity contribution in [3.63, 3.8) is 0 Å². The second-order valence-corrected chi connectivity index (χ2v) is 6.66. The van der Waals surface area contributed by atoms with Crippen LogP contribution < -0.4 is 0 Å². The van der Waals surface area contributed by atoms with E-state index in [0.717, 1.165) is 17.5 Å².